The minimum Gasteiger partial charge on any atom is -0.495 e. The van der Waals surface area contributed by atoms with Gasteiger partial charge in [-0.15, -0.1) is 0 Å². The quantitative estimate of drug-likeness (QED) is 0.927. The van der Waals surface area contributed by atoms with Crippen LogP contribution in [0, 0.1) is 17.1 Å². The summed E-state index contributed by atoms with van der Waals surface area (Å²) in [4.78, 5) is 4.03. The van der Waals surface area contributed by atoms with Crippen LogP contribution in [0.2, 0.25) is 0 Å². The second-order valence-corrected chi connectivity index (χ2v) is 4.29. The molecule has 1 aromatic carbocycles. The third kappa shape index (κ3) is 3.04. The number of rotatable bonds is 4. The topological polar surface area (TPSA) is 57.9 Å². The highest BCUT2D eigenvalue weighted by Crippen LogP contribution is 2.28. The van der Waals surface area contributed by atoms with E-state index in [0.29, 0.717) is 11.3 Å². The lowest BCUT2D eigenvalue weighted by Crippen LogP contribution is -2.09. The van der Waals surface area contributed by atoms with Gasteiger partial charge in [0.15, 0.2) is 0 Å². The number of hydrogen-bond donors (Lipinski definition) is 1. The van der Waals surface area contributed by atoms with E-state index in [4.69, 9.17) is 10.00 Å². The zero-order valence-corrected chi connectivity index (χ0v) is 11.2. The van der Waals surface area contributed by atoms with Gasteiger partial charge >= 0.3 is 0 Å². The minimum atomic E-state index is -0.364. The largest absolute Gasteiger partial charge is 0.495 e. The molecule has 4 nitrogen and oxygen atoms in total. The number of nitriles is 1. The molecule has 0 fully saturated rings. The number of anilines is 1. The molecule has 0 aliphatic carbocycles. The lowest BCUT2D eigenvalue weighted by atomic mass is 10.1. The molecule has 1 atom stereocenters. The first-order valence-corrected chi connectivity index (χ1v) is 6.10. The number of halogens is 1. The predicted molar refractivity (Wildman–Crippen MR) is 73.9 cm³/mol. The Labute approximate surface area is 116 Å². The van der Waals surface area contributed by atoms with E-state index in [1.54, 1.807) is 31.4 Å². The van der Waals surface area contributed by atoms with Gasteiger partial charge in [-0.1, -0.05) is 0 Å². The number of pyridine rings is 1. The molecular formula is C15H14FN3O. The molecule has 20 heavy (non-hydrogen) atoms. The van der Waals surface area contributed by atoms with Crippen LogP contribution in [0.5, 0.6) is 5.75 Å². The monoisotopic (exact) mass is 271 g/mol. The van der Waals surface area contributed by atoms with Crippen LogP contribution in [0.15, 0.2) is 36.5 Å². The Balaban J connectivity index is 2.21. The van der Waals surface area contributed by atoms with Crippen LogP contribution < -0.4 is 10.1 Å². The molecule has 0 spiro atoms. The predicted octanol–water partition coefficient (Wildman–Crippen LogP) is 3.27. The van der Waals surface area contributed by atoms with Crippen molar-refractivity contribution in [3.8, 4) is 11.8 Å². The fourth-order valence-corrected chi connectivity index (χ4v) is 1.83. The highest BCUT2D eigenvalue weighted by atomic mass is 19.1. The molecule has 102 valence electrons. The SMILES string of the molecule is COc1cc(C#N)ccc1NC(C)c1ccc(F)cn1. The van der Waals surface area contributed by atoms with Crippen molar-refractivity contribution in [2.24, 2.45) is 0 Å². The van der Waals surface area contributed by atoms with E-state index in [-0.39, 0.29) is 11.9 Å². The van der Waals surface area contributed by atoms with Crippen molar-refractivity contribution in [3.63, 3.8) is 0 Å². The van der Waals surface area contributed by atoms with Crippen molar-refractivity contribution in [3.05, 3.63) is 53.6 Å². The van der Waals surface area contributed by atoms with Crippen LogP contribution in [-0.4, -0.2) is 12.1 Å². The Bertz CT molecular complexity index is 635. The van der Waals surface area contributed by atoms with Crippen molar-refractivity contribution in [1.82, 2.24) is 4.98 Å². The summed E-state index contributed by atoms with van der Waals surface area (Å²) in [6.07, 6.45) is 1.18. The van der Waals surface area contributed by atoms with Gasteiger partial charge in [0, 0.05) is 6.07 Å². The maximum atomic E-state index is 12.8. The van der Waals surface area contributed by atoms with Crippen LogP contribution >= 0.6 is 0 Å². The number of nitrogens with zero attached hydrogens (tertiary/aromatic N) is 2. The second-order valence-electron chi connectivity index (χ2n) is 4.29. The van der Waals surface area contributed by atoms with Crippen LogP contribution in [-0.2, 0) is 0 Å². The first-order chi connectivity index (χ1) is 9.63. The second kappa shape index (κ2) is 6.02. The zero-order chi connectivity index (χ0) is 14.5. The summed E-state index contributed by atoms with van der Waals surface area (Å²) in [5.74, 6) is 0.218. The lowest BCUT2D eigenvalue weighted by molar-refractivity contribution is 0.416. The Morgan fingerprint density at radius 1 is 1.35 bits per heavy atom. The fourth-order valence-electron chi connectivity index (χ4n) is 1.83. The highest BCUT2D eigenvalue weighted by molar-refractivity contribution is 5.60. The fraction of sp³-hybridized carbons (Fsp3) is 0.200. The van der Waals surface area contributed by atoms with Gasteiger partial charge in [-0.3, -0.25) is 4.98 Å². The van der Waals surface area contributed by atoms with E-state index in [9.17, 15) is 4.39 Å². The molecule has 1 aromatic heterocycles. The van der Waals surface area contributed by atoms with Gasteiger partial charge in [0.1, 0.15) is 11.6 Å². The molecule has 0 amide bonds. The maximum Gasteiger partial charge on any atom is 0.143 e. The third-order valence-corrected chi connectivity index (χ3v) is 2.90. The van der Waals surface area contributed by atoms with Crippen molar-refractivity contribution in [2.45, 2.75) is 13.0 Å². The van der Waals surface area contributed by atoms with E-state index < -0.39 is 0 Å². The molecule has 2 aromatic rings. The Hall–Kier alpha value is -2.61. The van der Waals surface area contributed by atoms with Crippen LogP contribution in [0.25, 0.3) is 0 Å². The average molecular weight is 271 g/mol. The summed E-state index contributed by atoms with van der Waals surface area (Å²) in [7, 11) is 1.54. The Morgan fingerprint density at radius 3 is 2.75 bits per heavy atom. The summed E-state index contributed by atoms with van der Waals surface area (Å²) in [6, 6.07) is 10.1. The van der Waals surface area contributed by atoms with Gasteiger partial charge in [-0.05, 0) is 31.2 Å². The molecule has 0 saturated heterocycles. The highest BCUT2D eigenvalue weighted by Gasteiger charge is 2.10. The molecule has 0 aliphatic heterocycles. The number of aromatic nitrogens is 1. The summed E-state index contributed by atoms with van der Waals surface area (Å²) in [5.41, 5.74) is 2.00. The molecule has 1 unspecified atom stereocenters. The van der Waals surface area contributed by atoms with Crippen molar-refractivity contribution in [2.75, 3.05) is 12.4 Å². The van der Waals surface area contributed by atoms with Crippen molar-refractivity contribution < 1.29 is 9.13 Å². The normalized spacial score (nSPS) is 11.5. The molecule has 5 heteroatoms. The number of benzene rings is 1. The minimum absolute atomic E-state index is 0.113. The van der Waals surface area contributed by atoms with E-state index >= 15 is 0 Å². The van der Waals surface area contributed by atoms with Gasteiger partial charge in [-0.2, -0.15) is 5.26 Å². The molecular weight excluding hydrogens is 257 g/mol. The van der Waals surface area contributed by atoms with E-state index in [1.165, 1.54) is 12.3 Å². The number of hydrogen-bond acceptors (Lipinski definition) is 4. The smallest absolute Gasteiger partial charge is 0.143 e. The maximum absolute atomic E-state index is 12.8. The van der Waals surface area contributed by atoms with Crippen molar-refractivity contribution >= 4 is 5.69 Å². The number of methoxy groups -OCH3 is 1. The van der Waals surface area contributed by atoms with Gasteiger partial charge in [0.05, 0.1) is 42.4 Å². The summed E-state index contributed by atoms with van der Waals surface area (Å²) < 4.78 is 18.1. The van der Waals surface area contributed by atoms with Gasteiger partial charge in [0.25, 0.3) is 0 Å². The summed E-state index contributed by atoms with van der Waals surface area (Å²) in [6.45, 7) is 1.91. The average Bonchev–Trinajstić information content (AvgIpc) is 2.48. The van der Waals surface area contributed by atoms with Crippen LogP contribution in [0.4, 0.5) is 10.1 Å². The van der Waals surface area contributed by atoms with Crippen LogP contribution in [0.1, 0.15) is 24.2 Å². The molecule has 0 bridgehead atoms. The van der Waals surface area contributed by atoms with Gasteiger partial charge in [0.2, 0.25) is 0 Å². The molecule has 0 radical (unpaired) electrons. The van der Waals surface area contributed by atoms with Crippen molar-refractivity contribution in [1.29, 1.82) is 5.26 Å². The Kier molecular flexibility index (Phi) is 4.16. The van der Waals surface area contributed by atoms with Gasteiger partial charge < -0.3 is 10.1 Å². The molecule has 0 saturated carbocycles. The van der Waals surface area contributed by atoms with Crippen LogP contribution in [0.3, 0.4) is 0 Å². The molecule has 1 N–H and O–H groups in total. The molecule has 0 aliphatic rings. The molecule has 1 heterocycles. The standard InChI is InChI=1S/C15H14FN3O/c1-10(13-6-4-12(16)9-18-13)19-14-5-3-11(8-17)7-15(14)20-2/h3-7,9-10,19H,1-2H3. The van der Waals surface area contributed by atoms with E-state index in [0.717, 1.165) is 11.4 Å². The van der Waals surface area contributed by atoms with Gasteiger partial charge in [-0.25, -0.2) is 4.39 Å². The third-order valence-electron chi connectivity index (χ3n) is 2.90. The van der Waals surface area contributed by atoms with E-state index in [2.05, 4.69) is 16.4 Å². The summed E-state index contributed by atoms with van der Waals surface area (Å²) in [5, 5.41) is 12.1. The van der Waals surface area contributed by atoms with E-state index in [1.807, 2.05) is 6.92 Å². The first kappa shape index (κ1) is 13.8. The zero-order valence-electron chi connectivity index (χ0n) is 11.2. The first-order valence-electron chi connectivity index (χ1n) is 6.10. The summed E-state index contributed by atoms with van der Waals surface area (Å²) >= 11 is 0. The lowest BCUT2D eigenvalue weighted by Gasteiger charge is -2.17. The number of nitrogens with one attached hydrogen (secondary N) is 1. The molecule has 2 rings (SSSR count). The number of ether oxygens (including phenoxy) is 1. The Morgan fingerprint density at radius 2 is 2.15 bits per heavy atom.